The van der Waals surface area contributed by atoms with Gasteiger partial charge in [-0.05, 0) is 38.5 Å². The number of carbonyl (C=O) groups excluding carboxylic acids is 2. The van der Waals surface area contributed by atoms with Crippen molar-refractivity contribution >= 4 is 19.8 Å². The Labute approximate surface area is 281 Å². The van der Waals surface area contributed by atoms with Gasteiger partial charge in [0.2, 0.25) is 0 Å². The number of phosphoric ester groups is 1. The first-order valence-electron chi connectivity index (χ1n) is 18.7. The minimum absolute atomic E-state index is 0.0548. The number of hydrogen-bond donors (Lipinski definition) is 2. The molecular weight excluding hydrogens is 605 g/mol. The monoisotopic (exact) mass is 675 g/mol. The summed E-state index contributed by atoms with van der Waals surface area (Å²) in [4.78, 5) is 34.6. The lowest BCUT2D eigenvalue weighted by Crippen LogP contribution is -2.29. The van der Waals surface area contributed by atoms with E-state index >= 15 is 0 Å². The zero-order valence-electron chi connectivity index (χ0n) is 29.6. The summed E-state index contributed by atoms with van der Waals surface area (Å²) < 4.78 is 32.6. The molecule has 9 nitrogen and oxygen atoms in total. The van der Waals surface area contributed by atoms with Crippen LogP contribution in [0.4, 0.5) is 0 Å². The van der Waals surface area contributed by atoms with Gasteiger partial charge in [0.05, 0.1) is 13.2 Å². The number of ether oxygens (including phenoxy) is 2. The van der Waals surface area contributed by atoms with Crippen molar-refractivity contribution in [1.82, 2.24) is 0 Å². The van der Waals surface area contributed by atoms with Crippen molar-refractivity contribution in [2.75, 3.05) is 26.4 Å². The Bertz CT molecular complexity index is 779. The Kier molecular flexibility index (Phi) is 32.7. The van der Waals surface area contributed by atoms with Gasteiger partial charge in [0.25, 0.3) is 0 Å². The van der Waals surface area contributed by atoms with Crippen molar-refractivity contribution in [2.45, 2.75) is 180 Å². The maximum atomic E-state index is 12.5. The van der Waals surface area contributed by atoms with E-state index in [-0.39, 0.29) is 38.6 Å². The van der Waals surface area contributed by atoms with Gasteiger partial charge in [0.1, 0.15) is 6.61 Å². The molecule has 0 aromatic carbocycles. The van der Waals surface area contributed by atoms with E-state index in [1.165, 1.54) is 89.9 Å². The molecule has 0 aliphatic heterocycles. The Morgan fingerprint density at radius 2 is 1.07 bits per heavy atom. The van der Waals surface area contributed by atoms with Gasteiger partial charge in [0.15, 0.2) is 6.10 Å². The van der Waals surface area contributed by atoms with Crippen LogP contribution in [0.2, 0.25) is 0 Å². The minimum atomic E-state index is -4.36. The maximum absolute atomic E-state index is 12.5. The third kappa shape index (κ3) is 32.7. The largest absolute Gasteiger partial charge is 0.472 e. The number of esters is 2. The van der Waals surface area contributed by atoms with Crippen LogP contribution in [0.1, 0.15) is 174 Å². The molecule has 3 N–H and O–H groups in total. The van der Waals surface area contributed by atoms with Gasteiger partial charge in [-0.2, -0.15) is 0 Å². The van der Waals surface area contributed by atoms with Gasteiger partial charge in [-0.15, -0.1) is 0 Å². The summed E-state index contributed by atoms with van der Waals surface area (Å²) in [7, 11) is -4.36. The second-order valence-corrected chi connectivity index (χ2v) is 13.9. The highest BCUT2D eigenvalue weighted by Crippen LogP contribution is 2.43. The Morgan fingerprint density at radius 3 is 1.57 bits per heavy atom. The fourth-order valence-electron chi connectivity index (χ4n) is 5.10. The molecule has 0 saturated carbocycles. The van der Waals surface area contributed by atoms with Crippen LogP contribution in [0.15, 0.2) is 12.2 Å². The highest BCUT2D eigenvalue weighted by molar-refractivity contribution is 7.47. The van der Waals surface area contributed by atoms with Crippen LogP contribution in [-0.2, 0) is 32.7 Å². The molecule has 0 aliphatic carbocycles. The van der Waals surface area contributed by atoms with Crippen LogP contribution in [0.5, 0.6) is 0 Å². The van der Waals surface area contributed by atoms with Gasteiger partial charge >= 0.3 is 19.8 Å². The van der Waals surface area contributed by atoms with Crippen LogP contribution >= 0.6 is 7.82 Å². The second-order valence-electron chi connectivity index (χ2n) is 12.4. The average Bonchev–Trinajstić information content (AvgIpc) is 3.04. The van der Waals surface area contributed by atoms with Crippen molar-refractivity contribution in [3.8, 4) is 0 Å². The van der Waals surface area contributed by atoms with Crippen molar-refractivity contribution in [2.24, 2.45) is 5.73 Å². The quantitative estimate of drug-likeness (QED) is 0.0291. The van der Waals surface area contributed by atoms with Gasteiger partial charge in [0, 0.05) is 19.4 Å². The standard InChI is InChI=1S/C36H70NO8P/c1-3-5-7-9-11-13-15-17-19-20-22-24-26-28-35(38)42-32-34(33-44-46(40,41)43-31-30-37)45-36(39)29-27-25-23-21-18-16-14-12-10-8-6-4-2/h13,15,34H,3-12,14,16-33,37H2,1-2H3,(H,40,41). The molecule has 272 valence electrons. The second kappa shape index (κ2) is 33.6. The van der Waals surface area contributed by atoms with Gasteiger partial charge < -0.3 is 20.1 Å². The molecule has 0 aromatic heterocycles. The molecule has 0 bridgehead atoms. The zero-order valence-corrected chi connectivity index (χ0v) is 30.5. The summed E-state index contributed by atoms with van der Waals surface area (Å²) in [6, 6.07) is 0. The van der Waals surface area contributed by atoms with Crippen LogP contribution in [0, 0.1) is 0 Å². The summed E-state index contributed by atoms with van der Waals surface area (Å²) in [5, 5.41) is 0. The molecule has 0 aliphatic rings. The predicted octanol–water partition coefficient (Wildman–Crippen LogP) is 9.88. The van der Waals surface area contributed by atoms with E-state index in [2.05, 4.69) is 26.0 Å². The molecule has 2 atom stereocenters. The number of carbonyl (C=O) groups is 2. The van der Waals surface area contributed by atoms with E-state index in [4.69, 9.17) is 24.3 Å². The number of hydrogen-bond acceptors (Lipinski definition) is 8. The summed E-state index contributed by atoms with van der Waals surface area (Å²) in [6.45, 7) is 3.70. The highest BCUT2D eigenvalue weighted by Gasteiger charge is 2.25. The highest BCUT2D eigenvalue weighted by atomic mass is 31.2. The summed E-state index contributed by atoms with van der Waals surface area (Å²) in [5.41, 5.74) is 5.32. The van der Waals surface area contributed by atoms with Crippen molar-refractivity contribution in [1.29, 1.82) is 0 Å². The van der Waals surface area contributed by atoms with E-state index in [1.54, 1.807) is 0 Å². The Morgan fingerprint density at radius 1 is 0.630 bits per heavy atom. The SMILES string of the molecule is CCCCCCC=CCCCCCCCC(=O)OCC(COP(=O)(O)OCCN)OC(=O)CCCCCCCCCCCCCC. The Balaban J connectivity index is 4.23. The zero-order chi connectivity index (χ0) is 34.0. The van der Waals surface area contributed by atoms with E-state index in [0.29, 0.717) is 6.42 Å². The molecule has 0 amide bonds. The van der Waals surface area contributed by atoms with Crippen molar-refractivity contribution < 1.29 is 37.6 Å². The third-order valence-corrected chi connectivity index (χ3v) is 8.89. The number of nitrogens with two attached hydrogens (primary N) is 1. The molecule has 0 saturated heterocycles. The summed E-state index contributed by atoms with van der Waals surface area (Å²) >= 11 is 0. The van der Waals surface area contributed by atoms with Crippen molar-refractivity contribution in [3.63, 3.8) is 0 Å². The van der Waals surface area contributed by atoms with Gasteiger partial charge in [-0.1, -0.05) is 135 Å². The third-order valence-electron chi connectivity index (χ3n) is 7.90. The topological polar surface area (TPSA) is 134 Å². The molecule has 2 unspecified atom stereocenters. The van der Waals surface area contributed by atoms with E-state index < -0.39 is 26.5 Å². The maximum Gasteiger partial charge on any atom is 0.472 e. The van der Waals surface area contributed by atoms with Crippen molar-refractivity contribution in [3.05, 3.63) is 12.2 Å². The fraction of sp³-hybridized carbons (Fsp3) is 0.889. The van der Waals surface area contributed by atoms with Gasteiger partial charge in [-0.3, -0.25) is 18.6 Å². The summed E-state index contributed by atoms with van der Waals surface area (Å²) in [5.74, 6) is -0.835. The van der Waals surface area contributed by atoms with Crippen LogP contribution in [0.3, 0.4) is 0 Å². The first-order chi connectivity index (χ1) is 22.3. The Hall–Kier alpha value is -1.25. The number of phosphoric acid groups is 1. The van der Waals surface area contributed by atoms with Crippen LogP contribution in [0.25, 0.3) is 0 Å². The molecule has 0 heterocycles. The molecule has 0 fully saturated rings. The van der Waals surface area contributed by atoms with E-state index in [1.807, 2.05) is 0 Å². The molecule has 0 radical (unpaired) electrons. The molecular formula is C36H70NO8P. The average molecular weight is 676 g/mol. The first kappa shape index (κ1) is 44.8. The number of rotatable bonds is 35. The molecule has 46 heavy (non-hydrogen) atoms. The summed E-state index contributed by atoms with van der Waals surface area (Å²) in [6.07, 6.45) is 30.9. The predicted molar refractivity (Wildman–Crippen MR) is 188 cm³/mol. The van der Waals surface area contributed by atoms with Crippen LogP contribution in [-0.4, -0.2) is 49.3 Å². The molecule has 0 spiro atoms. The molecule has 0 aromatic rings. The lowest BCUT2D eigenvalue weighted by Gasteiger charge is -2.19. The smallest absolute Gasteiger partial charge is 0.462 e. The van der Waals surface area contributed by atoms with Crippen LogP contribution < -0.4 is 5.73 Å². The molecule has 10 heteroatoms. The first-order valence-corrected chi connectivity index (χ1v) is 20.2. The number of allylic oxidation sites excluding steroid dienone is 2. The normalized spacial score (nSPS) is 13.6. The van der Waals surface area contributed by atoms with Gasteiger partial charge in [-0.25, -0.2) is 4.57 Å². The minimum Gasteiger partial charge on any atom is -0.462 e. The fourth-order valence-corrected chi connectivity index (χ4v) is 5.86. The lowest BCUT2D eigenvalue weighted by atomic mass is 10.0. The van der Waals surface area contributed by atoms with E-state index in [9.17, 15) is 19.0 Å². The number of unbranched alkanes of at least 4 members (excludes halogenated alkanes) is 20. The lowest BCUT2D eigenvalue weighted by molar-refractivity contribution is -0.161. The molecule has 0 rings (SSSR count). The van der Waals surface area contributed by atoms with E-state index in [0.717, 1.165) is 51.4 Å².